The highest BCUT2D eigenvalue weighted by Gasteiger charge is 2.10. The van der Waals surface area contributed by atoms with Gasteiger partial charge in [0, 0.05) is 19.1 Å². The van der Waals surface area contributed by atoms with Crippen LogP contribution in [-0.4, -0.2) is 20.3 Å². The van der Waals surface area contributed by atoms with Crippen molar-refractivity contribution >= 4 is 11.6 Å². The number of hydrogen-bond acceptors (Lipinski definition) is 4. The van der Waals surface area contributed by atoms with Gasteiger partial charge in [0.05, 0.1) is 5.02 Å². The number of nitrogens with one attached hydrogen (secondary N) is 1. The van der Waals surface area contributed by atoms with E-state index in [0.29, 0.717) is 17.4 Å². The van der Waals surface area contributed by atoms with Gasteiger partial charge in [-0.1, -0.05) is 17.7 Å². The molecule has 1 heterocycles. The second-order valence-electron chi connectivity index (χ2n) is 5.96. The van der Waals surface area contributed by atoms with E-state index in [9.17, 15) is 0 Å². The van der Waals surface area contributed by atoms with Crippen LogP contribution in [0.2, 0.25) is 5.02 Å². The van der Waals surface area contributed by atoms with Gasteiger partial charge >= 0.3 is 0 Å². The molecule has 1 aromatic heterocycles. The van der Waals surface area contributed by atoms with Crippen molar-refractivity contribution in [3.05, 3.63) is 40.9 Å². The van der Waals surface area contributed by atoms with Gasteiger partial charge in [-0.25, -0.2) is 4.98 Å². The molecule has 0 amide bonds. The molecule has 0 bridgehead atoms. The number of hydrogen-bond donors (Lipinski definition) is 1. The van der Waals surface area contributed by atoms with Crippen LogP contribution in [0.5, 0.6) is 5.75 Å². The first-order valence-electron chi connectivity index (χ1n) is 6.84. The first-order valence-corrected chi connectivity index (χ1v) is 7.22. The van der Waals surface area contributed by atoms with E-state index in [0.717, 1.165) is 17.9 Å². The van der Waals surface area contributed by atoms with Crippen molar-refractivity contribution in [3.63, 3.8) is 0 Å². The third kappa shape index (κ3) is 4.72. The second-order valence-corrected chi connectivity index (χ2v) is 6.36. The largest absolute Gasteiger partial charge is 0.484 e. The predicted molar refractivity (Wildman–Crippen MR) is 83.4 cm³/mol. The molecule has 0 fully saturated rings. The lowest BCUT2D eigenvalue weighted by Crippen LogP contribution is -2.35. The van der Waals surface area contributed by atoms with Crippen LogP contribution in [0.3, 0.4) is 0 Å². The first kappa shape index (κ1) is 15.8. The number of aryl methyl sites for hydroxylation is 1. The summed E-state index contributed by atoms with van der Waals surface area (Å²) in [5.74, 6) is 1.41. The lowest BCUT2D eigenvalue weighted by Gasteiger charge is -2.20. The predicted octanol–water partition coefficient (Wildman–Crippen LogP) is 2.94. The van der Waals surface area contributed by atoms with Gasteiger partial charge in [-0.15, -0.1) is 0 Å². The Morgan fingerprint density at radius 1 is 1.33 bits per heavy atom. The van der Waals surface area contributed by atoms with E-state index in [1.165, 1.54) is 6.33 Å². The highest BCUT2D eigenvalue weighted by Crippen LogP contribution is 2.26. The van der Waals surface area contributed by atoms with Gasteiger partial charge in [0.1, 0.15) is 18.7 Å². The summed E-state index contributed by atoms with van der Waals surface area (Å²) in [6.07, 6.45) is 1.50. The van der Waals surface area contributed by atoms with Crippen LogP contribution in [0.15, 0.2) is 24.5 Å². The fourth-order valence-corrected chi connectivity index (χ4v) is 1.99. The molecular weight excluding hydrogens is 288 g/mol. The molecule has 0 spiro atoms. The molecule has 1 N–H and O–H groups in total. The van der Waals surface area contributed by atoms with E-state index >= 15 is 0 Å². The fraction of sp³-hybridized carbons (Fsp3) is 0.467. The summed E-state index contributed by atoms with van der Waals surface area (Å²) in [7, 11) is 1.83. The van der Waals surface area contributed by atoms with Crippen molar-refractivity contribution in [1.82, 2.24) is 20.1 Å². The summed E-state index contributed by atoms with van der Waals surface area (Å²) >= 11 is 6.26. The summed E-state index contributed by atoms with van der Waals surface area (Å²) in [5, 5.41) is 8.02. The summed E-state index contributed by atoms with van der Waals surface area (Å²) in [4.78, 5) is 4.11. The van der Waals surface area contributed by atoms with Crippen molar-refractivity contribution in [2.24, 2.45) is 7.05 Å². The third-order valence-corrected chi connectivity index (χ3v) is 3.28. The topological polar surface area (TPSA) is 52.0 Å². The van der Waals surface area contributed by atoms with Gasteiger partial charge < -0.3 is 10.1 Å². The van der Waals surface area contributed by atoms with Crippen LogP contribution < -0.4 is 10.1 Å². The minimum Gasteiger partial charge on any atom is -0.484 e. The van der Waals surface area contributed by atoms with Crippen molar-refractivity contribution in [2.45, 2.75) is 39.5 Å². The molecule has 114 valence electrons. The molecular formula is C15H21ClN4O. The van der Waals surface area contributed by atoms with Crippen LogP contribution in [0.1, 0.15) is 32.2 Å². The Hall–Kier alpha value is -1.59. The Bertz CT molecular complexity index is 604. The number of aromatic nitrogens is 3. The van der Waals surface area contributed by atoms with E-state index in [-0.39, 0.29) is 5.54 Å². The maximum atomic E-state index is 6.26. The zero-order valence-corrected chi connectivity index (χ0v) is 13.6. The zero-order chi connectivity index (χ0) is 15.5. The fourth-order valence-electron chi connectivity index (χ4n) is 1.73. The minimum absolute atomic E-state index is 0.0762. The smallest absolute Gasteiger partial charge is 0.164 e. The molecule has 0 saturated heterocycles. The Kier molecular flexibility index (Phi) is 4.85. The molecule has 5 nitrogen and oxygen atoms in total. The van der Waals surface area contributed by atoms with E-state index in [1.54, 1.807) is 4.68 Å². The maximum Gasteiger partial charge on any atom is 0.164 e. The van der Waals surface area contributed by atoms with Crippen LogP contribution in [0.25, 0.3) is 0 Å². The van der Waals surface area contributed by atoms with Crippen molar-refractivity contribution in [2.75, 3.05) is 0 Å². The van der Waals surface area contributed by atoms with Gasteiger partial charge in [0.15, 0.2) is 5.82 Å². The molecule has 21 heavy (non-hydrogen) atoms. The first-order chi connectivity index (χ1) is 9.85. The van der Waals surface area contributed by atoms with E-state index in [2.05, 4.69) is 36.2 Å². The lowest BCUT2D eigenvalue weighted by molar-refractivity contribution is 0.290. The molecule has 0 atom stereocenters. The quantitative estimate of drug-likeness (QED) is 0.922. The van der Waals surface area contributed by atoms with Crippen LogP contribution in [-0.2, 0) is 20.2 Å². The normalized spacial score (nSPS) is 11.7. The van der Waals surface area contributed by atoms with Crippen LogP contribution in [0.4, 0.5) is 0 Å². The van der Waals surface area contributed by atoms with Crippen LogP contribution >= 0.6 is 11.6 Å². The van der Waals surface area contributed by atoms with Gasteiger partial charge in [-0.2, -0.15) is 5.10 Å². The Labute approximate surface area is 130 Å². The van der Waals surface area contributed by atoms with Crippen molar-refractivity contribution in [1.29, 1.82) is 0 Å². The standard InChI is InChI=1S/C15H21ClN4O/c1-15(2,3)18-8-11-5-6-13(12(16)7-11)21-9-14-17-10-19-20(14)4/h5-7,10,18H,8-9H2,1-4H3. The highest BCUT2D eigenvalue weighted by molar-refractivity contribution is 6.32. The molecule has 0 unspecified atom stereocenters. The van der Waals surface area contributed by atoms with Crippen molar-refractivity contribution < 1.29 is 4.74 Å². The number of benzene rings is 1. The number of ether oxygens (including phenoxy) is 1. The van der Waals surface area contributed by atoms with Gasteiger partial charge in [0.25, 0.3) is 0 Å². The highest BCUT2D eigenvalue weighted by atomic mass is 35.5. The second kappa shape index (κ2) is 6.45. The summed E-state index contributed by atoms with van der Waals surface area (Å²) in [5.41, 5.74) is 1.20. The molecule has 6 heteroatoms. The maximum absolute atomic E-state index is 6.26. The molecule has 0 radical (unpaired) electrons. The van der Waals surface area contributed by atoms with E-state index in [4.69, 9.17) is 16.3 Å². The van der Waals surface area contributed by atoms with Gasteiger partial charge in [-0.3, -0.25) is 4.68 Å². The average Bonchev–Trinajstić information content (AvgIpc) is 2.80. The SMILES string of the molecule is Cn1ncnc1COc1ccc(CNC(C)(C)C)cc1Cl. The van der Waals surface area contributed by atoms with Crippen LogP contribution in [0, 0.1) is 0 Å². The van der Waals surface area contributed by atoms with Crippen molar-refractivity contribution in [3.8, 4) is 5.75 Å². The minimum atomic E-state index is 0.0762. The number of nitrogens with zero attached hydrogens (tertiary/aromatic N) is 3. The monoisotopic (exact) mass is 308 g/mol. The molecule has 2 rings (SSSR count). The van der Waals surface area contributed by atoms with Gasteiger partial charge in [0.2, 0.25) is 0 Å². The molecule has 1 aromatic carbocycles. The molecule has 0 aliphatic carbocycles. The third-order valence-electron chi connectivity index (χ3n) is 2.98. The summed E-state index contributed by atoms with van der Waals surface area (Å²) in [6, 6.07) is 5.82. The summed E-state index contributed by atoms with van der Waals surface area (Å²) in [6.45, 7) is 7.51. The number of halogens is 1. The zero-order valence-electron chi connectivity index (χ0n) is 12.9. The Balaban J connectivity index is 1.97. The molecule has 0 aliphatic heterocycles. The van der Waals surface area contributed by atoms with Gasteiger partial charge in [-0.05, 0) is 38.5 Å². The summed E-state index contributed by atoms with van der Waals surface area (Å²) < 4.78 is 7.36. The number of rotatable bonds is 5. The molecule has 0 saturated carbocycles. The average molecular weight is 309 g/mol. The molecule has 0 aliphatic rings. The Morgan fingerprint density at radius 2 is 2.10 bits per heavy atom. The lowest BCUT2D eigenvalue weighted by atomic mass is 10.1. The van der Waals surface area contributed by atoms with E-state index in [1.807, 2.05) is 25.2 Å². The Morgan fingerprint density at radius 3 is 2.67 bits per heavy atom. The molecule has 2 aromatic rings. The van der Waals surface area contributed by atoms with E-state index < -0.39 is 0 Å².